The van der Waals surface area contributed by atoms with Crippen LogP contribution in [-0.2, 0) is 25.8 Å². The SMILES string of the molecule is Cc1oc2c(c1C(=O)N1CCC(c3nnc4n3CCN(C)CC4)CC1)CCCC2. The Bertz CT molecular complexity index is 907. The van der Waals surface area contributed by atoms with Gasteiger partial charge in [0.2, 0.25) is 0 Å². The van der Waals surface area contributed by atoms with Gasteiger partial charge in [-0.3, -0.25) is 4.79 Å². The summed E-state index contributed by atoms with van der Waals surface area (Å²) >= 11 is 0. The number of likely N-dealkylation sites (tertiary alicyclic amines) is 1. The molecule has 2 aromatic heterocycles. The first-order valence-corrected chi connectivity index (χ1v) is 11.1. The quantitative estimate of drug-likeness (QED) is 0.779. The van der Waals surface area contributed by atoms with Gasteiger partial charge in [0.1, 0.15) is 23.2 Å². The van der Waals surface area contributed by atoms with Crippen molar-refractivity contribution in [1.82, 2.24) is 24.6 Å². The molecule has 3 aliphatic rings. The van der Waals surface area contributed by atoms with Gasteiger partial charge in [0, 0.05) is 57.0 Å². The molecule has 1 saturated heterocycles. The van der Waals surface area contributed by atoms with Crippen LogP contribution in [0.1, 0.15) is 70.7 Å². The zero-order chi connectivity index (χ0) is 20.0. The second-order valence-corrected chi connectivity index (χ2v) is 8.89. The molecular formula is C22H31N5O2. The maximum Gasteiger partial charge on any atom is 0.257 e. The summed E-state index contributed by atoms with van der Waals surface area (Å²) in [6, 6.07) is 0. The number of rotatable bonds is 2. The minimum atomic E-state index is 0.162. The van der Waals surface area contributed by atoms with E-state index in [0.717, 1.165) is 106 Å². The lowest BCUT2D eigenvalue weighted by Crippen LogP contribution is -2.39. The monoisotopic (exact) mass is 397 g/mol. The van der Waals surface area contributed by atoms with Crippen molar-refractivity contribution in [2.45, 2.75) is 64.3 Å². The molecule has 1 fully saturated rings. The lowest BCUT2D eigenvalue weighted by molar-refractivity contribution is 0.0707. The Morgan fingerprint density at radius 1 is 1.00 bits per heavy atom. The zero-order valence-electron chi connectivity index (χ0n) is 17.6. The van der Waals surface area contributed by atoms with Gasteiger partial charge in [-0.1, -0.05) is 0 Å². The summed E-state index contributed by atoms with van der Waals surface area (Å²) in [5.41, 5.74) is 2.02. The van der Waals surface area contributed by atoms with Crippen molar-refractivity contribution in [2.24, 2.45) is 0 Å². The highest BCUT2D eigenvalue weighted by molar-refractivity contribution is 5.97. The zero-order valence-corrected chi connectivity index (χ0v) is 17.6. The van der Waals surface area contributed by atoms with Gasteiger partial charge in [0.25, 0.3) is 5.91 Å². The van der Waals surface area contributed by atoms with E-state index in [0.29, 0.717) is 5.92 Å². The molecule has 7 nitrogen and oxygen atoms in total. The molecule has 0 N–H and O–H groups in total. The highest BCUT2D eigenvalue weighted by Gasteiger charge is 2.32. The maximum absolute atomic E-state index is 13.3. The summed E-state index contributed by atoms with van der Waals surface area (Å²) in [6.07, 6.45) is 7.14. The van der Waals surface area contributed by atoms with Gasteiger partial charge < -0.3 is 18.8 Å². The fourth-order valence-corrected chi connectivity index (χ4v) is 5.23. The Morgan fingerprint density at radius 2 is 1.79 bits per heavy atom. The molecule has 0 spiro atoms. The molecule has 0 aromatic carbocycles. The van der Waals surface area contributed by atoms with Crippen molar-refractivity contribution in [3.05, 3.63) is 34.3 Å². The van der Waals surface area contributed by atoms with Crippen molar-refractivity contribution >= 4 is 5.91 Å². The third-order valence-electron chi connectivity index (χ3n) is 6.99. The molecular weight excluding hydrogens is 366 g/mol. The molecule has 2 aromatic rings. The van der Waals surface area contributed by atoms with Crippen molar-refractivity contribution in [1.29, 1.82) is 0 Å². The van der Waals surface area contributed by atoms with E-state index in [1.807, 2.05) is 11.8 Å². The van der Waals surface area contributed by atoms with Gasteiger partial charge >= 0.3 is 0 Å². The Morgan fingerprint density at radius 3 is 2.62 bits per heavy atom. The highest BCUT2D eigenvalue weighted by atomic mass is 16.3. The number of amides is 1. The van der Waals surface area contributed by atoms with E-state index in [1.54, 1.807) is 0 Å². The topological polar surface area (TPSA) is 67.4 Å². The van der Waals surface area contributed by atoms with Crippen LogP contribution in [0, 0.1) is 6.92 Å². The number of likely N-dealkylation sites (N-methyl/N-ethyl adjacent to an activating group) is 1. The number of hydrogen-bond acceptors (Lipinski definition) is 5. The van der Waals surface area contributed by atoms with E-state index in [-0.39, 0.29) is 5.91 Å². The molecule has 1 amide bonds. The highest BCUT2D eigenvalue weighted by Crippen LogP contribution is 2.33. The number of nitrogens with zero attached hydrogens (tertiary/aromatic N) is 5. The molecule has 1 aliphatic carbocycles. The van der Waals surface area contributed by atoms with E-state index >= 15 is 0 Å². The third kappa shape index (κ3) is 3.39. The lowest BCUT2D eigenvalue weighted by atomic mass is 9.92. The number of aryl methyl sites for hydroxylation is 2. The molecule has 0 radical (unpaired) electrons. The van der Waals surface area contributed by atoms with Gasteiger partial charge in [-0.05, 0) is 46.1 Å². The molecule has 2 aliphatic heterocycles. The lowest BCUT2D eigenvalue weighted by Gasteiger charge is -2.32. The Hall–Kier alpha value is -2.15. The van der Waals surface area contributed by atoms with Crippen LogP contribution >= 0.6 is 0 Å². The molecule has 5 rings (SSSR count). The van der Waals surface area contributed by atoms with Gasteiger partial charge in [-0.2, -0.15) is 0 Å². The number of carbonyl (C=O) groups excluding carboxylic acids is 1. The van der Waals surface area contributed by atoms with Crippen molar-refractivity contribution < 1.29 is 9.21 Å². The minimum absolute atomic E-state index is 0.162. The maximum atomic E-state index is 13.3. The summed E-state index contributed by atoms with van der Waals surface area (Å²) in [5.74, 6) is 4.64. The van der Waals surface area contributed by atoms with Gasteiger partial charge in [-0.15, -0.1) is 10.2 Å². The number of hydrogen-bond donors (Lipinski definition) is 0. The molecule has 0 saturated carbocycles. The fourth-order valence-electron chi connectivity index (χ4n) is 5.23. The predicted octanol–water partition coefficient (Wildman–Crippen LogP) is 2.57. The van der Waals surface area contributed by atoms with E-state index in [2.05, 4.69) is 26.7 Å². The minimum Gasteiger partial charge on any atom is -0.465 e. The molecule has 156 valence electrons. The van der Waals surface area contributed by atoms with Crippen LogP contribution in [0.15, 0.2) is 4.42 Å². The summed E-state index contributed by atoms with van der Waals surface area (Å²) in [7, 11) is 2.17. The van der Waals surface area contributed by atoms with Crippen LogP contribution in [-0.4, -0.2) is 63.7 Å². The number of piperidine rings is 1. The van der Waals surface area contributed by atoms with Crippen LogP contribution in [0.4, 0.5) is 0 Å². The summed E-state index contributed by atoms with van der Waals surface area (Å²) < 4.78 is 8.27. The number of carbonyl (C=O) groups is 1. The van der Waals surface area contributed by atoms with Gasteiger partial charge in [-0.25, -0.2) is 0 Å². The van der Waals surface area contributed by atoms with Gasteiger partial charge in [0.05, 0.1) is 5.56 Å². The van der Waals surface area contributed by atoms with Crippen molar-refractivity contribution in [3.63, 3.8) is 0 Å². The third-order valence-corrected chi connectivity index (χ3v) is 6.99. The standard InChI is InChI=1S/C22H31N5O2/c1-15-20(17-5-3-4-6-18(17)29-15)22(28)26-11-7-16(8-12-26)21-24-23-19-9-10-25(2)13-14-27(19)21/h16H,3-14H2,1-2H3. The average Bonchev–Trinajstić information content (AvgIpc) is 3.24. The molecule has 29 heavy (non-hydrogen) atoms. The van der Waals surface area contributed by atoms with Crippen LogP contribution in [0.25, 0.3) is 0 Å². The Balaban J connectivity index is 1.29. The number of aromatic nitrogens is 3. The van der Waals surface area contributed by atoms with Crippen molar-refractivity contribution in [3.8, 4) is 0 Å². The summed E-state index contributed by atoms with van der Waals surface area (Å²) in [5, 5.41) is 9.03. The summed E-state index contributed by atoms with van der Waals surface area (Å²) in [6.45, 7) is 6.56. The van der Waals surface area contributed by atoms with E-state index in [1.165, 1.54) is 5.56 Å². The predicted molar refractivity (Wildman–Crippen MR) is 109 cm³/mol. The van der Waals surface area contributed by atoms with Crippen molar-refractivity contribution in [2.75, 3.05) is 33.2 Å². The van der Waals surface area contributed by atoms with E-state index < -0.39 is 0 Å². The number of fused-ring (bicyclic) bond motifs is 2. The molecule has 7 heteroatoms. The second-order valence-electron chi connectivity index (χ2n) is 8.89. The molecule has 0 bridgehead atoms. The molecule has 4 heterocycles. The second kappa shape index (κ2) is 7.59. The fraction of sp³-hybridized carbons (Fsp3) is 0.682. The van der Waals surface area contributed by atoms with Gasteiger partial charge in [0.15, 0.2) is 0 Å². The summed E-state index contributed by atoms with van der Waals surface area (Å²) in [4.78, 5) is 17.7. The Labute approximate surface area is 172 Å². The first kappa shape index (κ1) is 18.9. The van der Waals surface area contributed by atoms with E-state index in [4.69, 9.17) is 4.42 Å². The first-order chi connectivity index (χ1) is 14.1. The van der Waals surface area contributed by atoms with Crippen LogP contribution in [0.2, 0.25) is 0 Å². The largest absolute Gasteiger partial charge is 0.465 e. The Kier molecular flexibility index (Phi) is 4.94. The molecule has 0 atom stereocenters. The molecule has 0 unspecified atom stereocenters. The first-order valence-electron chi connectivity index (χ1n) is 11.1. The van der Waals surface area contributed by atoms with E-state index in [9.17, 15) is 4.79 Å². The average molecular weight is 398 g/mol. The van der Waals surface area contributed by atoms with Crippen LogP contribution < -0.4 is 0 Å². The number of furan rings is 1. The smallest absolute Gasteiger partial charge is 0.257 e. The normalized spacial score (nSPS) is 21.0. The van der Waals surface area contributed by atoms with Crippen LogP contribution in [0.3, 0.4) is 0 Å². The van der Waals surface area contributed by atoms with Crippen LogP contribution in [0.5, 0.6) is 0 Å².